The van der Waals surface area contributed by atoms with Crippen molar-refractivity contribution < 1.29 is 13.5 Å². The normalized spacial score (nSPS) is 10.6. The Morgan fingerprint density at radius 1 is 1.64 bits per heavy atom. The molecule has 14 heavy (non-hydrogen) atoms. The van der Waals surface area contributed by atoms with Gasteiger partial charge in [0.1, 0.15) is 11.6 Å². The number of hydrogen-bond donors (Lipinski definition) is 1. The Kier molecular flexibility index (Phi) is 3.62. The molecule has 0 saturated carbocycles. The van der Waals surface area contributed by atoms with Crippen molar-refractivity contribution >= 4 is 21.7 Å². The van der Waals surface area contributed by atoms with Gasteiger partial charge in [-0.05, 0) is 0 Å². The number of nitrogens with two attached hydrogens (primary N) is 1. The van der Waals surface area contributed by atoms with Crippen LogP contribution in [0.3, 0.4) is 0 Å². The lowest BCUT2D eigenvalue weighted by Crippen LogP contribution is -2.03. The van der Waals surface area contributed by atoms with Crippen LogP contribution in [0, 0.1) is 0 Å². The van der Waals surface area contributed by atoms with Crippen LogP contribution in [0.2, 0.25) is 0 Å². The third-order valence-corrected chi connectivity index (χ3v) is 2.32. The fraction of sp³-hybridized carbons (Fsp3) is 0.375. The average Bonchev–Trinajstić information content (AvgIpc) is 2.16. The molecule has 6 heteroatoms. The zero-order valence-electron chi connectivity index (χ0n) is 7.43. The van der Waals surface area contributed by atoms with Gasteiger partial charge in [-0.2, -0.15) is 0 Å². The van der Waals surface area contributed by atoms with Crippen LogP contribution in [0.5, 0.6) is 5.75 Å². The maximum Gasteiger partial charge on any atom is 0.268 e. The zero-order valence-corrected chi connectivity index (χ0v) is 9.01. The van der Waals surface area contributed by atoms with Gasteiger partial charge in [-0.15, -0.1) is 0 Å². The van der Waals surface area contributed by atoms with E-state index >= 15 is 0 Å². The monoisotopic (exact) mass is 266 g/mol. The van der Waals surface area contributed by atoms with Crippen LogP contribution in [0.4, 0.5) is 14.6 Å². The summed E-state index contributed by atoms with van der Waals surface area (Å²) in [4.78, 5) is 3.67. The molecule has 0 radical (unpaired) electrons. The maximum absolute atomic E-state index is 12.5. The first-order valence-electron chi connectivity index (χ1n) is 3.77. The van der Waals surface area contributed by atoms with E-state index in [2.05, 4.69) is 20.9 Å². The lowest BCUT2D eigenvalue weighted by molar-refractivity contribution is 0.146. The van der Waals surface area contributed by atoms with Crippen LogP contribution in [0.1, 0.15) is 17.6 Å². The number of aromatic nitrogens is 1. The van der Waals surface area contributed by atoms with Crippen molar-refractivity contribution in [2.24, 2.45) is 0 Å². The van der Waals surface area contributed by atoms with Crippen LogP contribution in [-0.4, -0.2) is 12.1 Å². The minimum Gasteiger partial charge on any atom is -0.496 e. The third-order valence-electron chi connectivity index (χ3n) is 1.76. The lowest BCUT2D eigenvalue weighted by atomic mass is 10.2. The fourth-order valence-corrected chi connectivity index (χ4v) is 1.63. The van der Waals surface area contributed by atoms with Crippen molar-refractivity contribution in [1.29, 1.82) is 0 Å². The predicted octanol–water partition coefficient (Wildman–Crippen LogP) is 2.50. The second kappa shape index (κ2) is 4.54. The molecule has 2 N–H and O–H groups in total. The van der Waals surface area contributed by atoms with E-state index in [4.69, 9.17) is 10.5 Å². The summed E-state index contributed by atoms with van der Waals surface area (Å²) in [7, 11) is 1.33. The van der Waals surface area contributed by atoms with Gasteiger partial charge in [0.25, 0.3) is 6.43 Å². The van der Waals surface area contributed by atoms with Crippen LogP contribution < -0.4 is 10.5 Å². The molecule has 1 aromatic rings. The summed E-state index contributed by atoms with van der Waals surface area (Å²) >= 11 is 3.14. The van der Waals surface area contributed by atoms with Gasteiger partial charge in [0.05, 0.1) is 12.7 Å². The molecule has 0 aromatic carbocycles. The number of rotatable bonds is 3. The minimum atomic E-state index is -2.61. The molecule has 1 aromatic heterocycles. The highest BCUT2D eigenvalue weighted by Gasteiger charge is 2.19. The van der Waals surface area contributed by atoms with Crippen molar-refractivity contribution in [2.45, 2.75) is 11.8 Å². The largest absolute Gasteiger partial charge is 0.496 e. The lowest BCUT2D eigenvalue weighted by Gasteiger charge is -2.12. The third kappa shape index (κ3) is 1.95. The van der Waals surface area contributed by atoms with Gasteiger partial charge in [0.15, 0.2) is 0 Å². The molecule has 0 saturated heterocycles. The second-order valence-electron chi connectivity index (χ2n) is 2.54. The van der Waals surface area contributed by atoms with Crippen molar-refractivity contribution in [2.75, 3.05) is 12.8 Å². The highest BCUT2D eigenvalue weighted by Crippen LogP contribution is 2.34. The summed E-state index contributed by atoms with van der Waals surface area (Å²) in [5.41, 5.74) is 5.72. The Hall–Kier alpha value is -0.910. The molecule has 0 atom stereocenters. The van der Waals surface area contributed by atoms with E-state index in [1.165, 1.54) is 7.11 Å². The van der Waals surface area contributed by atoms with Crippen molar-refractivity contribution in [3.63, 3.8) is 0 Å². The maximum atomic E-state index is 12.5. The molecule has 0 aliphatic carbocycles. The van der Waals surface area contributed by atoms with Crippen LogP contribution in [0.15, 0.2) is 6.20 Å². The number of hydrogen-bond acceptors (Lipinski definition) is 3. The summed E-state index contributed by atoms with van der Waals surface area (Å²) in [5, 5.41) is 0.329. The molecular formula is C8H9BrF2N2O. The summed E-state index contributed by atoms with van der Waals surface area (Å²) in [6, 6.07) is 0. The van der Waals surface area contributed by atoms with Gasteiger partial charge in [0.2, 0.25) is 0 Å². The van der Waals surface area contributed by atoms with Crippen molar-refractivity contribution in [3.8, 4) is 5.75 Å². The Morgan fingerprint density at radius 2 is 2.29 bits per heavy atom. The van der Waals surface area contributed by atoms with E-state index in [9.17, 15) is 8.78 Å². The summed E-state index contributed by atoms with van der Waals surface area (Å²) in [5.74, 6) is 0.299. The number of nitrogens with zero attached hydrogens (tertiary/aromatic N) is 1. The standard InChI is InChI=1S/C8H9BrF2N2O/c1-14-6-4(2-9)8(12)13-3-5(6)7(10)11/h3,7H,2H2,1H3,(H2,12,13). The van der Waals surface area contributed by atoms with Crippen LogP contribution in [0.25, 0.3) is 0 Å². The zero-order chi connectivity index (χ0) is 10.7. The van der Waals surface area contributed by atoms with Gasteiger partial charge in [-0.25, -0.2) is 13.8 Å². The number of ether oxygens (including phenoxy) is 1. The number of nitrogen functional groups attached to an aromatic ring is 1. The summed E-state index contributed by atoms with van der Waals surface area (Å²) in [6.45, 7) is 0. The second-order valence-corrected chi connectivity index (χ2v) is 3.11. The number of anilines is 1. The highest BCUT2D eigenvalue weighted by atomic mass is 79.9. The van der Waals surface area contributed by atoms with Gasteiger partial charge < -0.3 is 10.5 Å². The van der Waals surface area contributed by atoms with E-state index in [1.807, 2.05) is 0 Å². The molecule has 0 amide bonds. The Bertz CT molecular complexity index is 333. The van der Waals surface area contributed by atoms with Crippen LogP contribution in [-0.2, 0) is 5.33 Å². The van der Waals surface area contributed by atoms with E-state index in [1.54, 1.807) is 0 Å². The Balaban J connectivity index is 3.33. The highest BCUT2D eigenvalue weighted by molar-refractivity contribution is 9.08. The molecule has 0 bridgehead atoms. The molecule has 0 fully saturated rings. The van der Waals surface area contributed by atoms with E-state index in [0.717, 1.165) is 6.20 Å². The quantitative estimate of drug-likeness (QED) is 0.856. The molecule has 1 heterocycles. The number of pyridine rings is 1. The SMILES string of the molecule is COc1c(C(F)F)cnc(N)c1CBr. The summed E-state index contributed by atoms with van der Waals surface area (Å²) in [6.07, 6.45) is -1.58. The Morgan fingerprint density at radius 3 is 2.71 bits per heavy atom. The first kappa shape index (κ1) is 11.2. The molecular weight excluding hydrogens is 258 g/mol. The van der Waals surface area contributed by atoms with Crippen molar-refractivity contribution in [3.05, 3.63) is 17.3 Å². The molecule has 0 unspecified atom stereocenters. The molecule has 0 aliphatic rings. The first-order chi connectivity index (χ1) is 6.61. The topological polar surface area (TPSA) is 48.1 Å². The van der Waals surface area contributed by atoms with Crippen molar-refractivity contribution in [1.82, 2.24) is 4.98 Å². The van der Waals surface area contributed by atoms with Gasteiger partial charge in [-0.1, -0.05) is 15.9 Å². The van der Waals surface area contributed by atoms with Gasteiger partial charge in [-0.3, -0.25) is 0 Å². The van der Waals surface area contributed by atoms with E-state index in [0.29, 0.717) is 10.9 Å². The van der Waals surface area contributed by atoms with E-state index in [-0.39, 0.29) is 17.1 Å². The van der Waals surface area contributed by atoms with Gasteiger partial charge >= 0.3 is 0 Å². The number of methoxy groups -OCH3 is 1. The molecule has 78 valence electrons. The fourth-order valence-electron chi connectivity index (χ4n) is 1.09. The van der Waals surface area contributed by atoms with Gasteiger partial charge in [0, 0.05) is 17.1 Å². The Labute approximate surface area is 88.4 Å². The smallest absolute Gasteiger partial charge is 0.268 e. The molecule has 3 nitrogen and oxygen atoms in total. The minimum absolute atomic E-state index is 0.101. The number of halogens is 3. The summed E-state index contributed by atoms with van der Waals surface area (Å²) < 4.78 is 29.9. The predicted molar refractivity (Wildman–Crippen MR) is 52.8 cm³/mol. The average molecular weight is 267 g/mol. The first-order valence-corrected chi connectivity index (χ1v) is 4.89. The molecule has 0 aliphatic heterocycles. The molecule has 1 rings (SSSR count). The van der Waals surface area contributed by atoms with E-state index < -0.39 is 6.43 Å². The number of alkyl halides is 3. The molecule has 0 spiro atoms. The van der Waals surface area contributed by atoms with Crippen LogP contribution >= 0.6 is 15.9 Å².